The Morgan fingerprint density at radius 3 is 1.35 bits per heavy atom. The van der Waals surface area contributed by atoms with Crippen LogP contribution in [-0.4, -0.2) is 16.6 Å². The molecule has 2 atom stereocenters. The fourth-order valence-corrected chi connectivity index (χ4v) is 16.4. The molecule has 1 heterocycles. The first-order valence-electron chi connectivity index (χ1n) is 16.0. The zero-order chi connectivity index (χ0) is 29.8. The number of fused-ring (bicyclic) bond motifs is 8. The Balaban J connectivity index is 0.00000253. The van der Waals surface area contributed by atoms with Gasteiger partial charge in [-0.25, -0.2) is 0 Å². The van der Waals surface area contributed by atoms with E-state index in [9.17, 15) is 0 Å². The van der Waals surface area contributed by atoms with E-state index in [-0.39, 0.29) is 34.9 Å². The standard InChI is InChI=1S/C36H52O2Si2.2ClH.Zr/c1-11-23-35(3,4)39(7,8)37-33-25-27-17-13-15-19-29(27)31(33)21-22-32-30-20-16-14-18-28(30)26-34(32)38-40(9,10)36(5,6)24-12-2;;;/h13-20,25-26H,11-12,21-24H2,1-10H3;2*1H;/q;;;+2/p-2. The normalized spacial score (nSPS) is 19.5. The molecule has 0 aromatic heterocycles. The molecule has 43 heavy (non-hydrogen) atoms. The zero-order valence-electron chi connectivity index (χ0n) is 28.1. The van der Waals surface area contributed by atoms with Gasteiger partial charge in [-0.05, 0) is 0 Å². The van der Waals surface area contributed by atoms with Crippen molar-refractivity contribution in [3.05, 3.63) is 82.3 Å². The zero-order valence-corrected chi connectivity index (χ0v) is 34.1. The van der Waals surface area contributed by atoms with E-state index in [4.69, 9.17) is 8.85 Å². The molecule has 7 heteroatoms. The molecule has 5 rings (SSSR count). The minimum absolute atomic E-state index is 0. The molecule has 0 N–H and O–H groups in total. The molecular weight excluding hydrogens is 683 g/mol. The van der Waals surface area contributed by atoms with Gasteiger partial charge in [-0.1, -0.05) is 0 Å². The van der Waals surface area contributed by atoms with Crippen molar-refractivity contribution in [3.63, 3.8) is 0 Å². The number of hydrogen-bond donors (Lipinski definition) is 0. The number of hydrogen-bond acceptors (Lipinski definition) is 2. The van der Waals surface area contributed by atoms with Crippen LogP contribution in [0.1, 0.15) is 110 Å². The third kappa shape index (κ3) is 6.64. The first kappa shape index (κ1) is 36.9. The van der Waals surface area contributed by atoms with Gasteiger partial charge in [0.2, 0.25) is 0 Å². The molecule has 0 unspecified atom stereocenters. The average molecular weight is 735 g/mol. The minimum Gasteiger partial charge on any atom is -1.00 e. The Morgan fingerprint density at radius 2 is 1.00 bits per heavy atom. The molecule has 0 spiro atoms. The molecule has 234 valence electrons. The monoisotopic (exact) mass is 732 g/mol. The summed E-state index contributed by atoms with van der Waals surface area (Å²) in [7, 11) is -4.06. The SMILES string of the molecule is CCCC(C)(C)[Si](C)(C)OC1=C2CCC3=C(O[Si](C)(C)C(C)(C)CCC)[C@H]([Zr+2][C@H]1c1ccccc12)c1ccccc13.[Cl-].[Cl-]. The number of rotatable bonds is 10. The summed E-state index contributed by atoms with van der Waals surface area (Å²) in [5.41, 5.74) is 9.02. The molecular formula is C36H52Cl2O2Si2Zr. The van der Waals surface area contributed by atoms with Crippen molar-refractivity contribution in [1.82, 2.24) is 0 Å². The summed E-state index contributed by atoms with van der Waals surface area (Å²) in [5, 5.41) is 0.456. The Hall–Kier alpha value is -0.583. The van der Waals surface area contributed by atoms with Crippen molar-refractivity contribution in [2.45, 2.75) is 124 Å². The van der Waals surface area contributed by atoms with Crippen LogP contribution in [0.2, 0.25) is 36.3 Å². The molecule has 0 radical (unpaired) electrons. The van der Waals surface area contributed by atoms with Crippen LogP contribution >= 0.6 is 0 Å². The van der Waals surface area contributed by atoms with Crippen molar-refractivity contribution in [3.8, 4) is 0 Å². The molecule has 0 amide bonds. The summed E-state index contributed by atoms with van der Waals surface area (Å²) < 4.78 is 15.9. The van der Waals surface area contributed by atoms with Crippen LogP contribution in [0.25, 0.3) is 11.1 Å². The van der Waals surface area contributed by atoms with Crippen LogP contribution < -0.4 is 24.8 Å². The van der Waals surface area contributed by atoms with Crippen molar-refractivity contribution >= 4 is 27.8 Å². The average Bonchev–Trinajstić information content (AvgIpc) is 3.35. The molecule has 1 aliphatic heterocycles. The maximum Gasteiger partial charge on any atom is -1.00 e. The predicted octanol–water partition coefficient (Wildman–Crippen LogP) is 5.41. The summed E-state index contributed by atoms with van der Waals surface area (Å²) in [4.78, 5) is 0. The molecule has 0 saturated carbocycles. The summed E-state index contributed by atoms with van der Waals surface area (Å²) >= 11 is -1.14. The van der Waals surface area contributed by atoms with Gasteiger partial charge in [-0.3, -0.25) is 0 Å². The van der Waals surface area contributed by atoms with Gasteiger partial charge >= 0.3 is 266 Å². The fourth-order valence-electron chi connectivity index (χ4n) is 7.13. The maximum absolute atomic E-state index is 7.49. The largest absolute Gasteiger partial charge is 1.00 e. The van der Waals surface area contributed by atoms with Gasteiger partial charge in [0, 0.05) is 0 Å². The third-order valence-electron chi connectivity index (χ3n) is 11.0. The number of allylic oxidation sites excluding steroid dienone is 4. The van der Waals surface area contributed by atoms with Crippen LogP contribution in [0.3, 0.4) is 0 Å². The first-order chi connectivity index (χ1) is 19.2. The second-order valence-electron chi connectivity index (χ2n) is 14.9. The van der Waals surface area contributed by atoms with Gasteiger partial charge in [-0.15, -0.1) is 0 Å². The molecule has 2 aromatic carbocycles. The predicted molar refractivity (Wildman–Crippen MR) is 176 cm³/mol. The first-order valence-corrected chi connectivity index (χ1v) is 24.7. The van der Waals surface area contributed by atoms with Gasteiger partial charge in [0.25, 0.3) is 0 Å². The molecule has 4 bridgehead atoms. The van der Waals surface area contributed by atoms with Crippen molar-refractivity contribution < 1.29 is 56.9 Å². The van der Waals surface area contributed by atoms with E-state index >= 15 is 0 Å². The van der Waals surface area contributed by atoms with Crippen molar-refractivity contribution in [1.29, 1.82) is 0 Å². The van der Waals surface area contributed by atoms with E-state index in [1.54, 1.807) is 0 Å². The minimum atomic E-state index is -2.03. The molecule has 2 aromatic rings. The van der Waals surface area contributed by atoms with Crippen LogP contribution in [0.15, 0.2) is 60.0 Å². The number of benzene rings is 2. The van der Waals surface area contributed by atoms with E-state index < -0.39 is 39.9 Å². The van der Waals surface area contributed by atoms with Gasteiger partial charge in [0.15, 0.2) is 0 Å². The third-order valence-corrected chi connectivity index (χ3v) is 23.9. The quantitative estimate of drug-likeness (QED) is 0.305. The van der Waals surface area contributed by atoms with Gasteiger partial charge in [0.1, 0.15) is 0 Å². The molecule has 0 saturated heterocycles. The van der Waals surface area contributed by atoms with E-state index in [0.29, 0.717) is 7.25 Å². The summed E-state index contributed by atoms with van der Waals surface area (Å²) in [6, 6.07) is 18.6. The Morgan fingerprint density at radius 1 is 0.651 bits per heavy atom. The fraction of sp³-hybridized carbons (Fsp3) is 0.556. The second kappa shape index (κ2) is 13.6. The van der Waals surface area contributed by atoms with Gasteiger partial charge < -0.3 is 24.8 Å². The molecule has 3 aliphatic rings. The van der Waals surface area contributed by atoms with E-state index in [2.05, 4.69) is 116 Å². The molecule has 0 fully saturated rings. The van der Waals surface area contributed by atoms with Crippen molar-refractivity contribution in [2.75, 3.05) is 0 Å². The molecule has 2 nitrogen and oxygen atoms in total. The van der Waals surface area contributed by atoms with Gasteiger partial charge in [-0.2, -0.15) is 0 Å². The van der Waals surface area contributed by atoms with Crippen LogP contribution in [-0.2, 0) is 32.1 Å². The summed E-state index contributed by atoms with van der Waals surface area (Å²) in [6.45, 7) is 24.3. The van der Waals surface area contributed by atoms with Crippen LogP contribution in [0.5, 0.6) is 0 Å². The smallest absolute Gasteiger partial charge is 1.00 e. The van der Waals surface area contributed by atoms with E-state index in [1.165, 1.54) is 70.6 Å². The van der Waals surface area contributed by atoms with Crippen LogP contribution in [0.4, 0.5) is 0 Å². The van der Waals surface area contributed by atoms with Gasteiger partial charge in [0.05, 0.1) is 0 Å². The van der Waals surface area contributed by atoms with Crippen molar-refractivity contribution in [2.24, 2.45) is 0 Å². The van der Waals surface area contributed by atoms with E-state index in [0.717, 1.165) is 12.8 Å². The Labute approximate surface area is 288 Å². The Bertz CT molecular complexity index is 1280. The van der Waals surface area contributed by atoms with Crippen LogP contribution in [0, 0.1) is 0 Å². The summed E-state index contributed by atoms with van der Waals surface area (Å²) in [6.07, 6.45) is 6.92. The maximum atomic E-state index is 7.49. The summed E-state index contributed by atoms with van der Waals surface area (Å²) in [5.74, 6) is 2.73. The second-order valence-corrected chi connectivity index (χ2v) is 27.7. The Kier molecular flexibility index (Phi) is 11.7. The number of halogens is 2. The molecule has 2 aliphatic carbocycles. The van der Waals surface area contributed by atoms with E-state index in [1.807, 2.05) is 0 Å². The topological polar surface area (TPSA) is 18.5 Å².